The first-order valence-electron chi connectivity index (χ1n) is 19.2. The molecule has 0 saturated carbocycles. The Hall–Kier alpha value is -5.45. The number of alkyl halides is 4. The summed E-state index contributed by atoms with van der Waals surface area (Å²) in [7, 11) is -7.06. The summed E-state index contributed by atoms with van der Waals surface area (Å²) in [6.07, 6.45) is -3.33. The van der Waals surface area contributed by atoms with E-state index in [1.807, 2.05) is 30.3 Å². The Labute approximate surface area is 366 Å². The molecule has 4 aromatic carbocycles. The first-order chi connectivity index (χ1) is 29.6. The van der Waals surface area contributed by atoms with Gasteiger partial charge in [-0.3, -0.25) is 13.5 Å². The molecule has 5 heterocycles. The zero-order valence-corrected chi connectivity index (χ0v) is 36.1. The summed E-state index contributed by atoms with van der Waals surface area (Å²) in [6, 6.07) is 25.2. The lowest BCUT2D eigenvalue weighted by Gasteiger charge is -2.34. The van der Waals surface area contributed by atoms with Crippen molar-refractivity contribution in [1.29, 1.82) is 0 Å². The van der Waals surface area contributed by atoms with Gasteiger partial charge in [0.15, 0.2) is 0 Å². The van der Waals surface area contributed by atoms with E-state index in [-0.39, 0.29) is 37.3 Å². The predicted molar refractivity (Wildman–Crippen MR) is 226 cm³/mol. The van der Waals surface area contributed by atoms with Gasteiger partial charge in [0.1, 0.15) is 0 Å². The monoisotopic (exact) mass is 932 g/mol. The summed E-state index contributed by atoms with van der Waals surface area (Å²) < 4.78 is 118. The van der Waals surface area contributed by atoms with Crippen molar-refractivity contribution in [3.8, 4) is 22.9 Å². The number of benzene rings is 4. The van der Waals surface area contributed by atoms with Crippen LogP contribution in [0.4, 0.5) is 28.9 Å². The van der Waals surface area contributed by atoms with Crippen molar-refractivity contribution in [2.45, 2.75) is 58.2 Å². The number of hydrogen-bond donors (Lipinski definition) is 1. The molecule has 1 N–H and O–H groups in total. The average molecular weight is 933 g/mol. The van der Waals surface area contributed by atoms with Crippen LogP contribution in [0.2, 0.25) is 0 Å². The molecule has 9 rings (SSSR count). The lowest BCUT2D eigenvalue weighted by Crippen LogP contribution is -2.46. The minimum absolute atomic E-state index is 0. The van der Waals surface area contributed by atoms with Gasteiger partial charge in [0.2, 0.25) is 31.8 Å². The molecule has 0 spiro atoms. The average Bonchev–Trinajstić information content (AvgIpc) is 4.05. The smallest absolute Gasteiger partial charge is 0.314 e. The van der Waals surface area contributed by atoms with Crippen LogP contribution in [0.25, 0.3) is 22.9 Å². The quantitative estimate of drug-likeness (QED) is 0.117. The molecule has 3 aliphatic heterocycles. The van der Waals surface area contributed by atoms with E-state index in [0.29, 0.717) is 35.1 Å². The summed E-state index contributed by atoms with van der Waals surface area (Å²) in [6.45, 7) is 4.83. The van der Waals surface area contributed by atoms with Crippen LogP contribution in [0.5, 0.6) is 0 Å². The van der Waals surface area contributed by atoms with Gasteiger partial charge >= 0.3 is 12.9 Å². The lowest BCUT2D eigenvalue weighted by molar-refractivity contribution is -0.0669. The molecule has 3 aliphatic rings. The number of ether oxygens (including phenoxy) is 1. The number of sulfonamides is 2. The third kappa shape index (κ3) is 10.5. The Morgan fingerprint density at radius 3 is 1.51 bits per heavy atom. The van der Waals surface area contributed by atoms with Crippen molar-refractivity contribution < 1.29 is 48.0 Å². The molecule has 0 aliphatic carbocycles. The molecule has 0 bridgehead atoms. The van der Waals surface area contributed by atoms with Crippen LogP contribution in [-0.4, -0.2) is 73.9 Å². The fourth-order valence-electron chi connectivity index (χ4n) is 7.21. The third-order valence-corrected chi connectivity index (χ3v) is 12.9. The highest BCUT2D eigenvalue weighted by Gasteiger charge is 2.32. The van der Waals surface area contributed by atoms with Crippen LogP contribution in [0, 0.1) is 0 Å². The number of nitrogens with one attached hydrogen (secondary N) is 1. The predicted octanol–water partition coefficient (Wildman–Crippen LogP) is 7.02. The Bertz CT molecular complexity index is 2780. The van der Waals surface area contributed by atoms with Crippen molar-refractivity contribution in [3.63, 3.8) is 0 Å². The van der Waals surface area contributed by atoms with Gasteiger partial charge in [-0.25, -0.2) is 16.8 Å². The van der Waals surface area contributed by atoms with Gasteiger partial charge < -0.3 is 18.9 Å². The Balaban J connectivity index is 0.000000188. The number of halogens is 5. The van der Waals surface area contributed by atoms with Crippen molar-refractivity contribution in [2.75, 3.05) is 34.3 Å². The molecule has 63 heavy (non-hydrogen) atoms. The fourth-order valence-corrected chi connectivity index (χ4v) is 8.97. The molecule has 0 atom stereocenters. The highest BCUT2D eigenvalue weighted by molar-refractivity contribution is 7.92. The van der Waals surface area contributed by atoms with Crippen LogP contribution >= 0.6 is 12.4 Å². The molecule has 22 heteroatoms. The summed E-state index contributed by atoms with van der Waals surface area (Å²) >= 11 is 0. The number of nitrogens with zero attached hydrogens (tertiary/aromatic N) is 7. The number of fused-ring (bicyclic) bond motifs is 2. The van der Waals surface area contributed by atoms with Crippen LogP contribution in [0.1, 0.15) is 58.0 Å². The Kier molecular flexibility index (Phi) is 13.5. The maximum Gasteiger partial charge on any atom is 0.314 e. The summed E-state index contributed by atoms with van der Waals surface area (Å²) in [5.74, 6) is -1.51. The van der Waals surface area contributed by atoms with Crippen molar-refractivity contribution in [1.82, 2.24) is 30.6 Å². The van der Waals surface area contributed by atoms with Crippen molar-refractivity contribution >= 4 is 43.8 Å². The number of rotatable bonds is 13. The van der Waals surface area contributed by atoms with E-state index in [4.69, 9.17) is 13.6 Å². The van der Waals surface area contributed by atoms with E-state index in [1.54, 1.807) is 54.6 Å². The minimum Gasteiger partial charge on any atom is -0.415 e. The molecule has 0 radical (unpaired) electrons. The number of anilines is 2. The van der Waals surface area contributed by atoms with E-state index < -0.39 is 44.7 Å². The molecule has 2 aromatic heterocycles. The minimum atomic E-state index is -3.55. The van der Waals surface area contributed by atoms with E-state index >= 15 is 0 Å². The van der Waals surface area contributed by atoms with E-state index in [1.165, 1.54) is 20.4 Å². The fraction of sp³-hybridized carbons (Fsp3) is 0.317. The maximum absolute atomic E-state index is 12.7. The second-order valence-corrected chi connectivity index (χ2v) is 18.8. The maximum atomic E-state index is 12.7. The van der Waals surface area contributed by atoms with Gasteiger partial charge in [-0.05, 0) is 81.9 Å². The largest absolute Gasteiger partial charge is 0.415 e. The standard InChI is InChI=1S/C22H22F2N4O4S.C19H18F2N4O3S.ClH/c1-33(29,30)28(18-7-6-16-10-27(11-17(16)8-18)19-12-31-13-19)9-14-2-4-15(5-3-14)21-25-26-22(32-21)20(23)24;1-29(26,27)25(16-7-6-14-9-22-10-15(14)8-16)11-12-2-4-13(5-3-12)18-23-24-19(28-18)17(20)21;/h2-8,19-20H,9-13H2,1H3;2-8,17,22H,9-11H2,1H3;1H. The lowest BCUT2D eigenvalue weighted by atomic mass is 10.1. The molecule has 15 nitrogen and oxygen atoms in total. The van der Waals surface area contributed by atoms with Gasteiger partial charge in [-0.2, -0.15) is 17.6 Å². The Morgan fingerprint density at radius 1 is 0.635 bits per heavy atom. The molecule has 6 aromatic rings. The van der Waals surface area contributed by atoms with E-state index in [9.17, 15) is 34.4 Å². The topological polar surface area (TPSA) is 177 Å². The van der Waals surface area contributed by atoms with Crippen LogP contribution in [-0.2, 0) is 64.1 Å². The number of hydrogen-bond acceptors (Lipinski definition) is 13. The van der Waals surface area contributed by atoms with Crippen LogP contribution < -0.4 is 13.9 Å². The van der Waals surface area contributed by atoms with E-state index in [2.05, 4.69) is 30.6 Å². The zero-order valence-electron chi connectivity index (χ0n) is 33.7. The van der Waals surface area contributed by atoms with Gasteiger partial charge in [-0.15, -0.1) is 32.8 Å². The highest BCUT2D eigenvalue weighted by Crippen LogP contribution is 2.33. The van der Waals surface area contributed by atoms with Crippen LogP contribution in [0.3, 0.4) is 0 Å². The normalized spacial score (nSPS) is 15.0. The molecular weight excluding hydrogens is 892 g/mol. The molecule has 0 unspecified atom stereocenters. The summed E-state index contributed by atoms with van der Waals surface area (Å²) in [5, 5.41) is 17.1. The summed E-state index contributed by atoms with van der Waals surface area (Å²) in [4.78, 5) is 2.35. The van der Waals surface area contributed by atoms with Gasteiger partial charge in [0.05, 0.1) is 56.2 Å². The molecule has 1 saturated heterocycles. The highest BCUT2D eigenvalue weighted by atomic mass is 35.5. The second kappa shape index (κ2) is 18.7. The van der Waals surface area contributed by atoms with Crippen LogP contribution in [0.15, 0.2) is 93.8 Å². The van der Waals surface area contributed by atoms with Crippen molar-refractivity contribution in [2.24, 2.45) is 0 Å². The molecule has 1 fully saturated rings. The molecule has 334 valence electrons. The molecule has 0 amide bonds. The van der Waals surface area contributed by atoms with Gasteiger partial charge in [-0.1, -0.05) is 36.4 Å². The first kappa shape index (κ1) is 45.6. The third-order valence-electron chi connectivity index (χ3n) is 10.6. The zero-order chi connectivity index (χ0) is 43.8. The molecular formula is C41H41ClF4N8O7S2. The Morgan fingerprint density at radius 2 is 1.08 bits per heavy atom. The first-order valence-corrected chi connectivity index (χ1v) is 22.9. The second-order valence-electron chi connectivity index (χ2n) is 15.0. The van der Waals surface area contributed by atoms with Crippen molar-refractivity contribution in [3.05, 3.63) is 130 Å². The van der Waals surface area contributed by atoms with Gasteiger partial charge in [0, 0.05) is 37.3 Å². The SMILES string of the molecule is CS(=O)(=O)N(Cc1ccc(-c2nnc(C(F)F)o2)cc1)c1ccc2c(c1)CN(C1COC1)C2.CS(=O)(=O)N(Cc1ccc(-c2nnc(C(F)F)o2)cc1)c1ccc2c(c1)CNC2.Cl. The van der Waals surface area contributed by atoms with E-state index in [0.717, 1.165) is 66.9 Å². The number of aromatic nitrogens is 4. The van der Waals surface area contributed by atoms with Gasteiger partial charge in [0.25, 0.3) is 11.8 Å². The summed E-state index contributed by atoms with van der Waals surface area (Å²) in [5.41, 5.74) is 8.16.